The van der Waals surface area contributed by atoms with Crippen LogP contribution in [0, 0.1) is 0 Å². The first kappa shape index (κ1) is 14.9. The summed E-state index contributed by atoms with van der Waals surface area (Å²) in [5.41, 5.74) is 3.06. The van der Waals surface area contributed by atoms with Gasteiger partial charge in [0.15, 0.2) is 0 Å². The molecular formula is C17H17ClN2O2. The van der Waals surface area contributed by atoms with Crippen LogP contribution in [0.5, 0.6) is 5.75 Å². The van der Waals surface area contributed by atoms with Crippen LogP contribution in [0.2, 0.25) is 5.02 Å². The Kier molecular flexibility index (Phi) is 4.32. The summed E-state index contributed by atoms with van der Waals surface area (Å²) in [6, 6.07) is 13.5. The molecule has 22 heavy (non-hydrogen) atoms. The van der Waals surface area contributed by atoms with E-state index in [1.165, 1.54) is 12.5 Å². The second-order valence-corrected chi connectivity index (χ2v) is 5.83. The molecular weight excluding hydrogens is 300 g/mol. The third kappa shape index (κ3) is 3.59. The lowest BCUT2D eigenvalue weighted by Gasteiger charge is -2.29. The van der Waals surface area contributed by atoms with Crippen molar-refractivity contribution in [2.24, 2.45) is 0 Å². The van der Waals surface area contributed by atoms with Crippen LogP contribution < -0.4 is 10.1 Å². The van der Waals surface area contributed by atoms with Gasteiger partial charge in [0.2, 0.25) is 5.91 Å². The van der Waals surface area contributed by atoms with Gasteiger partial charge >= 0.3 is 0 Å². The zero-order valence-electron chi connectivity index (χ0n) is 12.3. The number of hydrogen-bond acceptors (Lipinski definition) is 3. The zero-order chi connectivity index (χ0) is 15.5. The maximum Gasteiger partial charge on any atom is 0.221 e. The summed E-state index contributed by atoms with van der Waals surface area (Å²) in [6.45, 7) is 3.63. The van der Waals surface area contributed by atoms with Crippen molar-refractivity contribution in [3.05, 3.63) is 58.6 Å². The predicted molar refractivity (Wildman–Crippen MR) is 86.9 cm³/mol. The molecule has 1 heterocycles. The van der Waals surface area contributed by atoms with Crippen LogP contribution in [0.15, 0.2) is 42.5 Å². The van der Waals surface area contributed by atoms with Crippen LogP contribution in [-0.2, 0) is 17.9 Å². The first-order valence-electron chi connectivity index (χ1n) is 7.10. The molecule has 114 valence electrons. The van der Waals surface area contributed by atoms with Gasteiger partial charge < -0.3 is 10.1 Å². The molecule has 0 unspecified atom stereocenters. The van der Waals surface area contributed by atoms with Crippen LogP contribution in [-0.4, -0.2) is 17.5 Å². The lowest BCUT2D eigenvalue weighted by molar-refractivity contribution is -0.114. The summed E-state index contributed by atoms with van der Waals surface area (Å²) in [6.07, 6.45) is 0. The SMILES string of the molecule is CC(=O)Nc1ccc2c(c1)CN(Cc1ccc(Cl)cc1)CO2. The largest absolute Gasteiger partial charge is 0.478 e. The van der Waals surface area contributed by atoms with E-state index in [4.69, 9.17) is 16.3 Å². The van der Waals surface area contributed by atoms with Gasteiger partial charge in [0, 0.05) is 36.3 Å². The molecule has 4 nitrogen and oxygen atoms in total. The van der Waals surface area contributed by atoms with Crippen molar-refractivity contribution in [2.75, 3.05) is 12.0 Å². The summed E-state index contributed by atoms with van der Waals surface area (Å²) < 4.78 is 5.78. The van der Waals surface area contributed by atoms with E-state index in [1.54, 1.807) is 0 Å². The number of benzene rings is 2. The number of halogens is 1. The quantitative estimate of drug-likeness (QED) is 0.939. The van der Waals surface area contributed by atoms with E-state index in [0.29, 0.717) is 6.73 Å². The number of carbonyl (C=O) groups is 1. The van der Waals surface area contributed by atoms with Crippen LogP contribution >= 0.6 is 11.6 Å². The van der Waals surface area contributed by atoms with Gasteiger partial charge in [-0.2, -0.15) is 0 Å². The van der Waals surface area contributed by atoms with Crippen molar-refractivity contribution in [2.45, 2.75) is 20.0 Å². The molecule has 0 radical (unpaired) electrons. The highest BCUT2D eigenvalue weighted by atomic mass is 35.5. The van der Waals surface area contributed by atoms with Crippen molar-refractivity contribution in [1.82, 2.24) is 4.90 Å². The maximum atomic E-state index is 11.2. The molecule has 0 aromatic heterocycles. The van der Waals surface area contributed by atoms with Crippen molar-refractivity contribution >= 4 is 23.2 Å². The van der Waals surface area contributed by atoms with Gasteiger partial charge in [0.25, 0.3) is 0 Å². The predicted octanol–water partition coefficient (Wildman–Crippen LogP) is 3.65. The molecule has 0 bridgehead atoms. The van der Waals surface area contributed by atoms with Gasteiger partial charge in [0.05, 0.1) is 0 Å². The summed E-state index contributed by atoms with van der Waals surface area (Å²) in [5, 5.41) is 3.54. The summed E-state index contributed by atoms with van der Waals surface area (Å²) in [5.74, 6) is 0.802. The van der Waals surface area contributed by atoms with E-state index in [1.807, 2.05) is 42.5 Å². The molecule has 0 spiro atoms. The van der Waals surface area contributed by atoms with Crippen molar-refractivity contribution < 1.29 is 9.53 Å². The fraction of sp³-hybridized carbons (Fsp3) is 0.235. The number of nitrogens with one attached hydrogen (secondary N) is 1. The van der Waals surface area contributed by atoms with E-state index in [9.17, 15) is 4.79 Å². The highest BCUT2D eigenvalue weighted by Crippen LogP contribution is 2.28. The lowest BCUT2D eigenvalue weighted by Crippen LogP contribution is -2.31. The van der Waals surface area contributed by atoms with Crippen LogP contribution in [0.1, 0.15) is 18.1 Å². The highest BCUT2D eigenvalue weighted by molar-refractivity contribution is 6.30. The molecule has 0 aliphatic carbocycles. The first-order valence-corrected chi connectivity index (χ1v) is 7.48. The van der Waals surface area contributed by atoms with Crippen molar-refractivity contribution in [3.63, 3.8) is 0 Å². The van der Waals surface area contributed by atoms with Crippen molar-refractivity contribution in [1.29, 1.82) is 0 Å². The second-order valence-electron chi connectivity index (χ2n) is 5.39. The summed E-state index contributed by atoms with van der Waals surface area (Å²) in [4.78, 5) is 13.3. The maximum absolute atomic E-state index is 11.2. The molecule has 3 rings (SSSR count). The molecule has 0 atom stereocenters. The van der Waals surface area contributed by atoms with E-state index in [-0.39, 0.29) is 5.91 Å². The Morgan fingerprint density at radius 3 is 2.77 bits per heavy atom. The number of hydrogen-bond donors (Lipinski definition) is 1. The number of amides is 1. The van der Waals surface area contributed by atoms with E-state index in [0.717, 1.165) is 35.1 Å². The minimum Gasteiger partial charge on any atom is -0.478 e. The number of fused-ring (bicyclic) bond motifs is 1. The Hall–Kier alpha value is -2.04. The van der Waals surface area contributed by atoms with Crippen LogP contribution in [0.25, 0.3) is 0 Å². The Balaban J connectivity index is 1.71. The zero-order valence-corrected chi connectivity index (χ0v) is 13.1. The highest BCUT2D eigenvalue weighted by Gasteiger charge is 2.18. The molecule has 1 amide bonds. The Labute approximate surface area is 134 Å². The Morgan fingerprint density at radius 1 is 1.27 bits per heavy atom. The van der Waals surface area contributed by atoms with Gasteiger partial charge in [-0.1, -0.05) is 23.7 Å². The van der Waals surface area contributed by atoms with Gasteiger partial charge in [-0.15, -0.1) is 0 Å². The van der Waals surface area contributed by atoms with E-state index >= 15 is 0 Å². The van der Waals surface area contributed by atoms with Crippen LogP contribution in [0.3, 0.4) is 0 Å². The number of nitrogens with zero attached hydrogens (tertiary/aromatic N) is 1. The normalized spacial score (nSPS) is 14.1. The molecule has 0 saturated carbocycles. The lowest BCUT2D eigenvalue weighted by atomic mass is 10.1. The van der Waals surface area contributed by atoms with E-state index in [2.05, 4.69) is 10.2 Å². The number of rotatable bonds is 3. The van der Waals surface area contributed by atoms with Gasteiger partial charge in [-0.3, -0.25) is 9.69 Å². The Bertz CT molecular complexity index is 686. The third-order valence-corrected chi connectivity index (χ3v) is 3.75. The minimum absolute atomic E-state index is 0.0744. The molecule has 0 saturated heterocycles. The second kappa shape index (κ2) is 6.38. The Morgan fingerprint density at radius 2 is 2.05 bits per heavy atom. The van der Waals surface area contributed by atoms with Crippen LogP contribution in [0.4, 0.5) is 5.69 Å². The van der Waals surface area contributed by atoms with Gasteiger partial charge in [0.1, 0.15) is 12.5 Å². The molecule has 0 fully saturated rings. The van der Waals surface area contributed by atoms with Crippen molar-refractivity contribution in [3.8, 4) is 5.75 Å². The van der Waals surface area contributed by atoms with Gasteiger partial charge in [-0.05, 0) is 35.9 Å². The monoisotopic (exact) mass is 316 g/mol. The third-order valence-electron chi connectivity index (χ3n) is 3.50. The van der Waals surface area contributed by atoms with E-state index < -0.39 is 0 Å². The molecule has 5 heteroatoms. The van der Waals surface area contributed by atoms with Gasteiger partial charge in [-0.25, -0.2) is 0 Å². The molecule has 2 aromatic rings. The first-order chi connectivity index (χ1) is 10.6. The topological polar surface area (TPSA) is 41.6 Å². The number of ether oxygens (including phenoxy) is 1. The molecule has 1 N–H and O–H groups in total. The fourth-order valence-corrected chi connectivity index (χ4v) is 2.65. The molecule has 1 aliphatic heterocycles. The fourth-order valence-electron chi connectivity index (χ4n) is 2.52. The summed E-state index contributed by atoms with van der Waals surface area (Å²) in [7, 11) is 0. The minimum atomic E-state index is -0.0744. The average Bonchev–Trinajstić information content (AvgIpc) is 2.49. The number of carbonyl (C=O) groups excluding carboxylic acids is 1. The summed E-state index contributed by atoms with van der Waals surface area (Å²) >= 11 is 5.91. The molecule has 2 aromatic carbocycles. The number of anilines is 1. The molecule has 1 aliphatic rings. The standard InChI is InChI=1S/C17H17ClN2O2/c1-12(21)19-16-6-7-17-14(8-16)10-20(11-22-17)9-13-2-4-15(18)5-3-13/h2-8H,9-11H2,1H3,(H,19,21). The average molecular weight is 317 g/mol. The smallest absolute Gasteiger partial charge is 0.221 e.